The third kappa shape index (κ3) is 20.3. The smallest absolute Gasteiger partial charge is 0.386 e. The number of rotatable bonds is 30. The van der Waals surface area contributed by atoms with E-state index in [1.807, 2.05) is 0 Å². The minimum atomic E-state index is -5.59. The van der Waals surface area contributed by atoms with E-state index in [2.05, 4.69) is 93.3 Å². The van der Waals surface area contributed by atoms with Crippen molar-refractivity contribution in [1.29, 1.82) is 0 Å². The van der Waals surface area contributed by atoms with Gasteiger partial charge in [-0.2, -0.15) is 4.31 Å². The van der Waals surface area contributed by atoms with Crippen molar-refractivity contribution < 1.29 is 80.5 Å². The summed E-state index contributed by atoms with van der Waals surface area (Å²) in [6.07, 6.45) is 2.15. The van der Waals surface area contributed by atoms with Gasteiger partial charge in [-0.05, 0) is 60.5 Å². The number of aromatic nitrogens is 4. The maximum atomic E-state index is 12.8. The molecule has 1 aliphatic heterocycles. The number of carbonyl (C=O) groups excluding carboxylic acids is 3. The molecule has 0 spiro atoms. The number of aryl methyl sites for hydroxylation is 2. The Balaban J connectivity index is 1.12. The number of nitrogen functional groups attached to an aromatic ring is 1. The summed E-state index contributed by atoms with van der Waals surface area (Å²) in [6.45, 7) is 11.3. The number of aliphatic hydroxyl groups excluding tert-OH is 2. The van der Waals surface area contributed by atoms with E-state index >= 15 is 0 Å². The molecule has 7 atom stereocenters. The Kier molecular flexibility index (Phi) is 21.6. The van der Waals surface area contributed by atoms with Crippen molar-refractivity contribution in [3.05, 3.63) is 48.0 Å². The highest BCUT2D eigenvalue weighted by Gasteiger charge is 2.50. The van der Waals surface area contributed by atoms with Gasteiger partial charge in [0.1, 0.15) is 42.0 Å². The Morgan fingerprint density at radius 3 is 2.03 bits per heavy atom. The van der Waals surface area contributed by atoms with Gasteiger partial charge in [0.15, 0.2) is 17.7 Å². The number of ether oxygens (including phenoxy) is 1. The zero-order valence-corrected chi connectivity index (χ0v) is 44.0. The van der Waals surface area contributed by atoms with Crippen LogP contribution in [0.1, 0.15) is 124 Å². The number of amides is 2. The molecule has 1 aliphatic rings. The average Bonchev–Trinajstić information content (AvgIpc) is 3.82. The third-order valence-corrected chi connectivity index (χ3v) is 14.8. The number of hydrogen-bond acceptors (Lipinski definition) is 17. The van der Waals surface area contributed by atoms with E-state index in [0.717, 1.165) is 49.3 Å². The lowest BCUT2D eigenvalue weighted by Crippen LogP contribution is -2.46. The lowest BCUT2D eigenvalue weighted by molar-refractivity contribution is -0.137. The van der Waals surface area contributed by atoms with Crippen LogP contribution in [-0.2, 0) is 63.5 Å². The molecular formula is C44H72N7O17P3. The van der Waals surface area contributed by atoms with Crippen LogP contribution in [0.2, 0.25) is 0 Å². The van der Waals surface area contributed by atoms with Crippen LogP contribution in [0.4, 0.5) is 5.82 Å². The monoisotopic (exact) mass is 1060 g/mol. The normalized spacial score (nSPS) is 20.1. The van der Waals surface area contributed by atoms with Gasteiger partial charge in [-0.25, -0.2) is 28.6 Å². The number of benzene rings is 1. The van der Waals surface area contributed by atoms with Crippen LogP contribution in [0.15, 0.2) is 36.9 Å². The van der Waals surface area contributed by atoms with Gasteiger partial charge in [0.2, 0.25) is 11.8 Å². The molecule has 1 saturated heterocycles. The molecule has 10 N–H and O–H groups in total. The van der Waals surface area contributed by atoms with Crippen molar-refractivity contribution in [2.24, 2.45) is 16.2 Å². The number of carbonyl (C=O) groups is 3. The van der Waals surface area contributed by atoms with Gasteiger partial charge in [0, 0.05) is 37.8 Å². The molecule has 71 heavy (non-hydrogen) atoms. The second-order valence-corrected chi connectivity index (χ2v) is 24.7. The highest BCUT2D eigenvalue weighted by atomic mass is 31.3. The second kappa shape index (κ2) is 25.6. The highest BCUT2D eigenvalue weighted by Crippen LogP contribution is 2.61. The van der Waals surface area contributed by atoms with Crippen molar-refractivity contribution in [2.45, 2.75) is 150 Å². The summed E-state index contributed by atoms with van der Waals surface area (Å²) >= 11 is 0. The average molecular weight is 1060 g/mol. The van der Waals surface area contributed by atoms with E-state index in [0.29, 0.717) is 11.8 Å². The summed E-state index contributed by atoms with van der Waals surface area (Å²) in [4.78, 5) is 89.3. The van der Waals surface area contributed by atoms with Gasteiger partial charge in [0.25, 0.3) is 0 Å². The van der Waals surface area contributed by atoms with Crippen molar-refractivity contribution in [3.63, 3.8) is 0 Å². The SMILES string of the molecule is CC(C)(C)CCCCc1ccc(CCCCC(C)(C)CC(=O)CCNC(=O)CCNC(=O)C(O)C(C)(C)COP(=O)(O)OP(=O)(O)OCC2OC(n3cnc4c(N)ncnc43)C(O)C2OP(=O)(O)O)cc1. The molecular weight excluding hydrogens is 991 g/mol. The molecule has 3 aromatic rings. The number of unbranched alkanes of at least 4 members (excludes halogenated alkanes) is 2. The molecule has 4 rings (SSSR count). The molecule has 0 saturated carbocycles. The number of imidazole rings is 1. The van der Waals surface area contributed by atoms with Crippen LogP contribution >= 0.6 is 23.5 Å². The number of aliphatic hydroxyl groups is 2. The second-order valence-electron chi connectivity index (χ2n) is 20.5. The predicted octanol–water partition coefficient (Wildman–Crippen LogP) is 4.95. The number of nitrogens with two attached hydrogens (primary N) is 1. The van der Waals surface area contributed by atoms with E-state index in [1.165, 1.54) is 44.2 Å². The van der Waals surface area contributed by atoms with Crippen molar-refractivity contribution in [3.8, 4) is 0 Å². The molecule has 2 amide bonds. The third-order valence-electron chi connectivity index (χ3n) is 11.7. The molecule has 0 radical (unpaired) electrons. The number of phosphoric ester groups is 3. The van der Waals surface area contributed by atoms with Crippen LogP contribution in [0, 0.1) is 16.2 Å². The molecule has 0 aliphatic carbocycles. The molecule has 7 unspecified atom stereocenters. The minimum absolute atomic E-state index is 0.0164. The van der Waals surface area contributed by atoms with E-state index in [9.17, 15) is 57.9 Å². The first kappa shape index (κ1) is 60.0. The Labute approximate surface area is 413 Å². The van der Waals surface area contributed by atoms with Gasteiger partial charge in [-0.3, -0.25) is 32.5 Å². The van der Waals surface area contributed by atoms with Crippen LogP contribution in [0.3, 0.4) is 0 Å². The summed E-state index contributed by atoms with van der Waals surface area (Å²) in [5.41, 5.74) is 7.12. The first-order chi connectivity index (χ1) is 32.9. The molecule has 27 heteroatoms. The highest BCUT2D eigenvalue weighted by molar-refractivity contribution is 7.61. The number of nitrogens with one attached hydrogen (secondary N) is 2. The lowest BCUT2D eigenvalue weighted by atomic mass is 9.81. The van der Waals surface area contributed by atoms with Crippen LogP contribution in [-0.4, -0.2) is 118 Å². The van der Waals surface area contributed by atoms with Crippen molar-refractivity contribution >= 4 is 58.0 Å². The largest absolute Gasteiger partial charge is 0.481 e. The van der Waals surface area contributed by atoms with Crippen molar-refractivity contribution in [1.82, 2.24) is 30.2 Å². The Hall–Kier alpha value is -3.57. The maximum absolute atomic E-state index is 12.8. The molecule has 1 aromatic carbocycles. The van der Waals surface area contributed by atoms with Gasteiger partial charge < -0.3 is 50.9 Å². The lowest BCUT2D eigenvalue weighted by Gasteiger charge is -2.30. The van der Waals surface area contributed by atoms with Gasteiger partial charge >= 0.3 is 23.5 Å². The first-order valence-corrected chi connectivity index (χ1v) is 27.9. The van der Waals surface area contributed by atoms with E-state index in [1.54, 1.807) is 0 Å². The summed E-state index contributed by atoms with van der Waals surface area (Å²) in [5.74, 6) is -1.46. The van der Waals surface area contributed by atoms with E-state index in [-0.39, 0.29) is 54.1 Å². The number of nitrogens with zero attached hydrogens (tertiary/aromatic N) is 4. The topological polar surface area (TPSA) is 364 Å². The number of fused-ring (bicyclic) bond motifs is 1. The zero-order chi connectivity index (χ0) is 53.0. The molecule has 1 fully saturated rings. The van der Waals surface area contributed by atoms with Gasteiger partial charge in [0.05, 0.1) is 19.5 Å². The Morgan fingerprint density at radius 1 is 0.831 bits per heavy atom. The molecule has 3 heterocycles. The zero-order valence-electron chi connectivity index (χ0n) is 41.3. The summed E-state index contributed by atoms with van der Waals surface area (Å²) in [5, 5.41) is 26.7. The summed E-state index contributed by atoms with van der Waals surface area (Å²) < 4.78 is 62.6. The predicted molar refractivity (Wildman–Crippen MR) is 259 cm³/mol. The summed E-state index contributed by atoms with van der Waals surface area (Å²) in [7, 11) is -16.4. The molecule has 2 aromatic heterocycles. The van der Waals surface area contributed by atoms with Gasteiger partial charge in [-0.15, -0.1) is 0 Å². The maximum Gasteiger partial charge on any atom is 0.481 e. The van der Waals surface area contributed by atoms with E-state index in [4.69, 9.17) is 19.5 Å². The molecule has 24 nitrogen and oxygen atoms in total. The van der Waals surface area contributed by atoms with Gasteiger partial charge in [-0.1, -0.05) is 85.6 Å². The fourth-order valence-electron chi connectivity index (χ4n) is 7.78. The fraction of sp³-hybridized carbons (Fsp3) is 0.682. The van der Waals surface area contributed by atoms with Crippen molar-refractivity contribution in [2.75, 3.05) is 32.0 Å². The number of Topliss-reactive ketones (excluding diaryl/α,β-unsaturated/α-hetero) is 1. The number of hydrogen-bond donors (Lipinski definition) is 9. The number of anilines is 1. The fourth-order valence-corrected chi connectivity index (χ4v) is 10.6. The van der Waals surface area contributed by atoms with Crippen LogP contribution in [0.25, 0.3) is 11.2 Å². The molecule has 0 bridgehead atoms. The molecule has 400 valence electrons. The van der Waals surface area contributed by atoms with Crippen LogP contribution in [0.5, 0.6) is 0 Å². The minimum Gasteiger partial charge on any atom is -0.386 e. The van der Waals surface area contributed by atoms with Crippen LogP contribution < -0.4 is 16.4 Å². The summed E-state index contributed by atoms with van der Waals surface area (Å²) in [6, 6.07) is 8.89. The quantitative estimate of drug-likeness (QED) is 0.0315. The Morgan fingerprint density at radius 2 is 1.42 bits per heavy atom. The van der Waals surface area contributed by atoms with E-state index < -0.39 is 84.6 Å². The first-order valence-electron chi connectivity index (χ1n) is 23.3. The number of phosphoric acid groups is 3. The standard InChI is InChI=1S/C44H72N7O17P3/c1-42(2,3)20-10-8-12-29-14-16-30(17-15-29)13-9-11-21-43(4,5)24-31(52)18-22-46-33(53)19-23-47-40(56)37(55)44(6,7)26-65-71(62,63)68-70(60,61)64-25-32-36(67-69(57,58)59)35(54)41(66-32)51-28-50-34-38(45)48-27-49-39(34)51/h14-17,27-28,32,35-37,41,54-55H,8-13,18-26H2,1-7H3,(H,46,53)(H,47,56)(H,60,61)(H,62,63)(H2,45,48,49)(H2,57,58,59). The Bertz CT molecular complexity index is 2390. The number of ketones is 1.